The van der Waals surface area contributed by atoms with Crippen LogP contribution >= 0.6 is 11.3 Å². The Bertz CT molecular complexity index is 727. The normalized spacial score (nSPS) is 15.5. The minimum atomic E-state index is -0.494. The summed E-state index contributed by atoms with van der Waals surface area (Å²) in [4.78, 5) is 26.7. The second kappa shape index (κ2) is 7.10. The van der Waals surface area contributed by atoms with Crippen molar-refractivity contribution in [1.82, 2.24) is 15.0 Å². The highest BCUT2D eigenvalue weighted by atomic mass is 32.1. The van der Waals surface area contributed by atoms with Crippen LogP contribution in [0.4, 0.5) is 16.8 Å². The van der Waals surface area contributed by atoms with E-state index in [4.69, 9.17) is 5.73 Å². The predicted octanol–water partition coefficient (Wildman–Crippen LogP) is 1.29. The molecule has 0 spiro atoms. The number of amides is 1. The van der Waals surface area contributed by atoms with Crippen molar-refractivity contribution in [2.75, 3.05) is 29.9 Å². The minimum Gasteiger partial charge on any atom is -0.396 e. The fourth-order valence-electron chi connectivity index (χ4n) is 2.68. The standard InChI is InChI=1S/C15H20N6O2S/c1-9-18-12(20-15-17-7-11(24-15)14(16)23)6-13(19-9)21-4-2-10(8-22)3-5-21/h6-7,10,22H,2-5,8H2,1H3,(H2,16,23)(H,17,18,19,20). The molecule has 2 aromatic rings. The average molecular weight is 348 g/mol. The van der Waals surface area contributed by atoms with Crippen molar-refractivity contribution in [2.24, 2.45) is 11.7 Å². The third-order valence-electron chi connectivity index (χ3n) is 4.00. The van der Waals surface area contributed by atoms with E-state index in [1.807, 2.05) is 13.0 Å². The lowest BCUT2D eigenvalue weighted by Gasteiger charge is -2.32. The van der Waals surface area contributed by atoms with Crippen LogP contribution in [0.25, 0.3) is 0 Å². The van der Waals surface area contributed by atoms with Gasteiger partial charge < -0.3 is 21.1 Å². The minimum absolute atomic E-state index is 0.246. The number of nitrogens with zero attached hydrogens (tertiary/aromatic N) is 4. The molecule has 1 aliphatic rings. The molecule has 1 saturated heterocycles. The monoisotopic (exact) mass is 348 g/mol. The molecule has 2 aromatic heterocycles. The van der Waals surface area contributed by atoms with Gasteiger partial charge in [0.25, 0.3) is 5.91 Å². The van der Waals surface area contributed by atoms with Gasteiger partial charge in [-0.2, -0.15) is 0 Å². The highest BCUT2D eigenvalue weighted by Crippen LogP contribution is 2.26. The zero-order chi connectivity index (χ0) is 17.1. The van der Waals surface area contributed by atoms with Crippen LogP contribution in [-0.2, 0) is 0 Å². The Morgan fingerprint density at radius 1 is 1.46 bits per heavy atom. The molecule has 1 fully saturated rings. The molecule has 0 bridgehead atoms. The molecule has 0 saturated carbocycles. The van der Waals surface area contributed by atoms with E-state index in [2.05, 4.69) is 25.2 Å². The summed E-state index contributed by atoms with van der Waals surface area (Å²) in [5, 5.41) is 12.9. The lowest BCUT2D eigenvalue weighted by Crippen LogP contribution is -2.35. The summed E-state index contributed by atoms with van der Waals surface area (Å²) in [6.07, 6.45) is 3.36. The fourth-order valence-corrected chi connectivity index (χ4v) is 3.35. The van der Waals surface area contributed by atoms with E-state index in [-0.39, 0.29) is 6.61 Å². The van der Waals surface area contributed by atoms with Crippen LogP contribution in [0.1, 0.15) is 28.3 Å². The largest absolute Gasteiger partial charge is 0.396 e. The maximum atomic E-state index is 11.1. The average Bonchev–Trinajstić information content (AvgIpc) is 3.03. The highest BCUT2D eigenvalue weighted by Gasteiger charge is 2.20. The summed E-state index contributed by atoms with van der Waals surface area (Å²) in [7, 11) is 0. The molecule has 9 heteroatoms. The zero-order valence-electron chi connectivity index (χ0n) is 13.4. The van der Waals surface area contributed by atoms with Crippen LogP contribution in [0.2, 0.25) is 0 Å². The van der Waals surface area contributed by atoms with Gasteiger partial charge in [-0.25, -0.2) is 15.0 Å². The Hall–Kier alpha value is -2.26. The van der Waals surface area contributed by atoms with Gasteiger partial charge in [0.1, 0.15) is 22.3 Å². The van der Waals surface area contributed by atoms with Crippen molar-refractivity contribution in [3.05, 3.63) is 23.0 Å². The van der Waals surface area contributed by atoms with Gasteiger partial charge >= 0.3 is 0 Å². The first kappa shape index (κ1) is 16.6. The van der Waals surface area contributed by atoms with Gasteiger partial charge in [0.15, 0.2) is 5.13 Å². The molecule has 0 radical (unpaired) electrons. The van der Waals surface area contributed by atoms with E-state index in [1.165, 1.54) is 17.5 Å². The molecule has 0 atom stereocenters. The van der Waals surface area contributed by atoms with E-state index in [9.17, 15) is 9.90 Å². The molecule has 1 aliphatic heterocycles. The summed E-state index contributed by atoms with van der Waals surface area (Å²) in [6, 6.07) is 1.87. The Balaban J connectivity index is 1.75. The number of aliphatic hydroxyl groups excluding tert-OH is 1. The number of carbonyl (C=O) groups excluding carboxylic acids is 1. The number of nitrogens with one attached hydrogen (secondary N) is 1. The van der Waals surface area contributed by atoms with Crippen molar-refractivity contribution in [3.8, 4) is 0 Å². The molecule has 4 N–H and O–H groups in total. The number of thiazole rings is 1. The van der Waals surface area contributed by atoms with Gasteiger partial charge in [-0.05, 0) is 25.7 Å². The summed E-state index contributed by atoms with van der Waals surface area (Å²) in [5.41, 5.74) is 5.24. The number of primary amides is 1. The summed E-state index contributed by atoms with van der Waals surface area (Å²) < 4.78 is 0. The Labute approximate surface area is 143 Å². The second-order valence-corrected chi connectivity index (χ2v) is 6.82. The lowest BCUT2D eigenvalue weighted by atomic mass is 9.98. The van der Waals surface area contributed by atoms with Crippen molar-refractivity contribution >= 4 is 34.0 Å². The van der Waals surface area contributed by atoms with Crippen molar-refractivity contribution in [3.63, 3.8) is 0 Å². The predicted molar refractivity (Wildman–Crippen MR) is 92.7 cm³/mol. The number of carbonyl (C=O) groups is 1. The summed E-state index contributed by atoms with van der Waals surface area (Å²) in [6.45, 7) is 3.82. The van der Waals surface area contributed by atoms with E-state index in [1.54, 1.807) is 0 Å². The molecular weight excluding hydrogens is 328 g/mol. The first-order chi connectivity index (χ1) is 11.5. The van der Waals surface area contributed by atoms with Gasteiger partial charge in [0.05, 0.1) is 6.20 Å². The van der Waals surface area contributed by atoms with Crippen LogP contribution < -0.4 is 16.0 Å². The van der Waals surface area contributed by atoms with Crippen molar-refractivity contribution < 1.29 is 9.90 Å². The van der Waals surface area contributed by atoms with Crippen molar-refractivity contribution in [1.29, 1.82) is 0 Å². The first-order valence-corrected chi connectivity index (χ1v) is 8.61. The maximum Gasteiger partial charge on any atom is 0.260 e. The van der Waals surface area contributed by atoms with Crippen molar-refractivity contribution in [2.45, 2.75) is 19.8 Å². The number of aliphatic hydroxyl groups is 1. The molecule has 0 aliphatic carbocycles. The van der Waals surface area contributed by atoms with E-state index < -0.39 is 5.91 Å². The number of hydrogen-bond donors (Lipinski definition) is 3. The lowest BCUT2D eigenvalue weighted by molar-refractivity contribution is 0.100. The number of anilines is 3. The molecule has 128 valence electrons. The maximum absolute atomic E-state index is 11.1. The quantitative estimate of drug-likeness (QED) is 0.745. The number of nitrogens with two attached hydrogens (primary N) is 1. The topological polar surface area (TPSA) is 117 Å². The highest BCUT2D eigenvalue weighted by molar-refractivity contribution is 7.17. The van der Waals surface area contributed by atoms with Gasteiger partial charge in [-0.15, -0.1) is 0 Å². The molecule has 8 nitrogen and oxygen atoms in total. The summed E-state index contributed by atoms with van der Waals surface area (Å²) >= 11 is 1.19. The third kappa shape index (κ3) is 3.80. The van der Waals surface area contributed by atoms with E-state index in [0.29, 0.717) is 27.6 Å². The molecular formula is C15H20N6O2S. The van der Waals surface area contributed by atoms with Gasteiger partial charge in [-0.3, -0.25) is 4.79 Å². The smallest absolute Gasteiger partial charge is 0.260 e. The molecule has 0 aromatic carbocycles. The Morgan fingerprint density at radius 3 is 2.83 bits per heavy atom. The number of aromatic nitrogens is 3. The summed E-state index contributed by atoms with van der Waals surface area (Å²) in [5.74, 6) is 2.03. The van der Waals surface area contributed by atoms with Crippen LogP contribution in [0.5, 0.6) is 0 Å². The number of hydrogen-bond acceptors (Lipinski definition) is 8. The van der Waals surface area contributed by atoms with Crippen LogP contribution in [0, 0.1) is 12.8 Å². The van der Waals surface area contributed by atoms with Crippen LogP contribution in [0.15, 0.2) is 12.3 Å². The first-order valence-electron chi connectivity index (χ1n) is 7.79. The number of aryl methyl sites for hydroxylation is 1. The molecule has 3 heterocycles. The van der Waals surface area contributed by atoms with E-state index in [0.717, 1.165) is 31.7 Å². The van der Waals surface area contributed by atoms with Gasteiger partial charge in [0.2, 0.25) is 0 Å². The molecule has 0 unspecified atom stereocenters. The number of rotatable bonds is 5. The van der Waals surface area contributed by atoms with Crippen LogP contribution in [-0.4, -0.2) is 45.7 Å². The SMILES string of the molecule is Cc1nc(Nc2ncc(C(N)=O)s2)cc(N2CCC(CO)CC2)n1. The molecule has 3 rings (SSSR count). The number of piperidine rings is 1. The second-order valence-electron chi connectivity index (χ2n) is 5.79. The van der Waals surface area contributed by atoms with Gasteiger partial charge in [-0.1, -0.05) is 11.3 Å². The Kier molecular flexibility index (Phi) is 4.91. The van der Waals surface area contributed by atoms with E-state index >= 15 is 0 Å². The fraction of sp³-hybridized carbons (Fsp3) is 0.467. The third-order valence-corrected chi connectivity index (χ3v) is 4.93. The van der Waals surface area contributed by atoms with Gasteiger partial charge in [0, 0.05) is 25.8 Å². The molecule has 24 heavy (non-hydrogen) atoms. The zero-order valence-corrected chi connectivity index (χ0v) is 14.2. The van der Waals surface area contributed by atoms with Crippen LogP contribution in [0.3, 0.4) is 0 Å². The Morgan fingerprint density at radius 2 is 2.21 bits per heavy atom. The molecule has 1 amide bonds.